The minimum absolute atomic E-state index is 0.201. The first kappa shape index (κ1) is 11.6. The van der Waals surface area contributed by atoms with Crippen LogP contribution in [0.5, 0.6) is 0 Å². The normalized spacial score (nSPS) is 21.9. The Hall–Kier alpha value is -0.870. The number of aliphatic carboxylic acids is 1. The summed E-state index contributed by atoms with van der Waals surface area (Å²) in [4.78, 5) is 11.4. The molecule has 0 bridgehead atoms. The Labute approximate surface area is 103 Å². The van der Waals surface area contributed by atoms with Crippen LogP contribution < -0.4 is 5.32 Å². The molecule has 0 aromatic heterocycles. The van der Waals surface area contributed by atoms with E-state index in [0.29, 0.717) is 0 Å². The fourth-order valence-electron chi connectivity index (χ4n) is 2.28. The van der Waals surface area contributed by atoms with Gasteiger partial charge in [-0.1, -0.05) is 28.1 Å². The number of benzene rings is 1. The van der Waals surface area contributed by atoms with Crippen molar-refractivity contribution in [3.05, 3.63) is 34.3 Å². The average Bonchev–Trinajstić information content (AvgIpc) is 2.71. The molecule has 2 N–H and O–H groups in total. The number of hydrogen-bond donors (Lipinski definition) is 2. The summed E-state index contributed by atoms with van der Waals surface area (Å²) in [6.45, 7) is 1.71. The van der Waals surface area contributed by atoms with Gasteiger partial charge in [0.05, 0.1) is 5.92 Å². The third-order valence-corrected chi connectivity index (χ3v) is 3.54. The highest BCUT2D eigenvalue weighted by Gasteiger charge is 2.31. The lowest BCUT2D eigenvalue weighted by atomic mass is 9.85. The fraction of sp³-hybridized carbons (Fsp3) is 0.417. The molecule has 1 aromatic rings. The predicted molar refractivity (Wildman–Crippen MR) is 65.5 cm³/mol. The summed E-state index contributed by atoms with van der Waals surface area (Å²) in [5, 5.41) is 12.6. The summed E-state index contributed by atoms with van der Waals surface area (Å²) in [6.07, 6.45) is 0.934. The number of halogens is 1. The van der Waals surface area contributed by atoms with Crippen molar-refractivity contribution in [3.8, 4) is 0 Å². The van der Waals surface area contributed by atoms with E-state index < -0.39 is 11.9 Å². The molecule has 2 rings (SSSR count). The van der Waals surface area contributed by atoms with Gasteiger partial charge in [-0.2, -0.15) is 0 Å². The molecule has 1 aliphatic heterocycles. The molecule has 0 saturated carbocycles. The van der Waals surface area contributed by atoms with E-state index in [1.807, 2.05) is 24.3 Å². The van der Waals surface area contributed by atoms with Crippen molar-refractivity contribution in [2.45, 2.75) is 12.3 Å². The number of carbonyl (C=O) groups is 1. The number of carboxylic acid groups (broad SMARTS) is 1. The molecule has 1 aliphatic rings. The van der Waals surface area contributed by atoms with E-state index in [9.17, 15) is 9.90 Å². The standard InChI is InChI=1S/C12H14BrNO2/c13-10-3-1-2-8(6-10)11(12(15)16)9-4-5-14-7-9/h1-3,6,9,11,14H,4-5,7H2,(H,15,16). The molecule has 1 heterocycles. The second kappa shape index (κ2) is 4.97. The van der Waals surface area contributed by atoms with Crippen LogP contribution in [0.3, 0.4) is 0 Å². The van der Waals surface area contributed by atoms with Crippen molar-refractivity contribution in [1.29, 1.82) is 0 Å². The van der Waals surface area contributed by atoms with Gasteiger partial charge in [-0.3, -0.25) is 4.79 Å². The van der Waals surface area contributed by atoms with Gasteiger partial charge >= 0.3 is 5.97 Å². The lowest BCUT2D eigenvalue weighted by Crippen LogP contribution is -2.23. The fourth-order valence-corrected chi connectivity index (χ4v) is 2.69. The van der Waals surface area contributed by atoms with Gasteiger partial charge in [0, 0.05) is 4.47 Å². The van der Waals surface area contributed by atoms with Crippen LogP contribution >= 0.6 is 15.9 Å². The highest BCUT2D eigenvalue weighted by atomic mass is 79.9. The maximum Gasteiger partial charge on any atom is 0.311 e. The molecule has 2 unspecified atom stereocenters. The van der Waals surface area contributed by atoms with Crippen molar-refractivity contribution in [2.24, 2.45) is 5.92 Å². The van der Waals surface area contributed by atoms with Crippen molar-refractivity contribution < 1.29 is 9.90 Å². The number of carboxylic acids is 1. The molecular formula is C12H14BrNO2. The third-order valence-electron chi connectivity index (χ3n) is 3.04. The Morgan fingerprint density at radius 2 is 2.38 bits per heavy atom. The average molecular weight is 284 g/mol. The van der Waals surface area contributed by atoms with E-state index in [0.717, 1.165) is 29.5 Å². The Balaban J connectivity index is 2.28. The smallest absolute Gasteiger partial charge is 0.311 e. The van der Waals surface area contributed by atoms with Gasteiger partial charge in [-0.25, -0.2) is 0 Å². The number of nitrogens with one attached hydrogen (secondary N) is 1. The first-order valence-electron chi connectivity index (χ1n) is 5.37. The van der Waals surface area contributed by atoms with Gasteiger partial charge in [0.1, 0.15) is 0 Å². The molecule has 1 aromatic carbocycles. The van der Waals surface area contributed by atoms with Gasteiger partial charge in [0.25, 0.3) is 0 Å². The summed E-state index contributed by atoms with van der Waals surface area (Å²) >= 11 is 3.38. The second-order valence-electron chi connectivity index (χ2n) is 4.12. The van der Waals surface area contributed by atoms with E-state index >= 15 is 0 Å². The minimum Gasteiger partial charge on any atom is -0.481 e. The van der Waals surface area contributed by atoms with Crippen molar-refractivity contribution in [1.82, 2.24) is 5.32 Å². The molecule has 0 amide bonds. The minimum atomic E-state index is -0.730. The lowest BCUT2D eigenvalue weighted by molar-refractivity contribution is -0.140. The molecule has 0 spiro atoms. The van der Waals surface area contributed by atoms with E-state index in [4.69, 9.17) is 0 Å². The molecule has 0 aliphatic carbocycles. The monoisotopic (exact) mass is 283 g/mol. The Kier molecular flexibility index (Phi) is 3.61. The zero-order valence-corrected chi connectivity index (χ0v) is 10.4. The van der Waals surface area contributed by atoms with E-state index in [1.165, 1.54) is 0 Å². The van der Waals surface area contributed by atoms with Crippen LogP contribution in [0.4, 0.5) is 0 Å². The Morgan fingerprint density at radius 1 is 1.56 bits per heavy atom. The topological polar surface area (TPSA) is 49.3 Å². The molecule has 4 heteroatoms. The second-order valence-corrected chi connectivity index (χ2v) is 5.04. The first-order valence-corrected chi connectivity index (χ1v) is 6.17. The molecule has 3 nitrogen and oxygen atoms in total. The van der Waals surface area contributed by atoms with Crippen LogP contribution in [0.1, 0.15) is 17.9 Å². The van der Waals surface area contributed by atoms with Gasteiger partial charge < -0.3 is 10.4 Å². The Bertz CT molecular complexity index is 388. The quantitative estimate of drug-likeness (QED) is 0.895. The summed E-state index contributed by atoms with van der Waals surface area (Å²) in [5.41, 5.74) is 0.885. The lowest BCUT2D eigenvalue weighted by Gasteiger charge is -2.19. The van der Waals surface area contributed by atoms with Crippen LogP contribution in [-0.2, 0) is 4.79 Å². The SMILES string of the molecule is O=C(O)C(c1cccc(Br)c1)C1CCNC1. The van der Waals surface area contributed by atoms with Crippen molar-refractivity contribution in [2.75, 3.05) is 13.1 Å². The molecule has 86 valence electrons. The van der Waals surface area contributed by atoms with Crippen molar-refractivity contribution >= 4 is 21.9 Å². The highest BCUT2D eigenvalue weighted by molar-refractivity contribution is 9.10. The summed E-state index contributed by atoms with van der Waals surface area (Å²) in [6, 6.07) is 7.59. The summed E-state index contributed by atoms with van der Waals surface area (Å²) in [5.74, 6) is -0.925. The zero-order valence-electron chi connectivity index (χ0n) is 8.82. The zero-order chi connectivity index (χ0) is 11.5. The molecule has 1 fully saturated rings. The van der Waals surface area contributed by atoms with Crippen LogP contribution in [0.2, 0.25) is 0 Å². The largest absolute Gasteiger partial charge is 0.481 e. The maximum absolute atomic E-state index is 11.4. The van der Waals surface area contributed by atoms with Crippen LogP contribution in [-0.4, -0.2) is 24.2 Å². The van der Waals surface area contributed by atoms with Crippen molar-refractivity contribution in [3.63, 3.8) is 0 Å². The Morgan fingerprint density at radius 3 is 2.94 bits per heavy atom. The molecular weight excluding hydrogens is 270 g/mol. The molecule has 0 radical (unpaired) electrons. The molecule has 16 heavy (non-hydrogen) atoms. The summed E-state index contributed by atoms with van der Waals surface area (Å²) in [7, 11) is 0. The molecule has 2 atom stereocenters. The molecule has 1 saturated heterocycles. The van der Waals surface area contributed by atoms with Crippen LogP contribution in [0.25, 0.3) is 0 Å². The number of rotatable bonds is 3. The highest BCUT2D eigenvalue weighted by Crippen LogP contribution is 2.30. The third kappa shape index (κ3) is 2.44. The van der Waals surface area contributed by atoms with E-state index in [1.54, 1.807) is 0 Å². The predicted octanol–water partition coefficient (Wildman–Crippen LogP) is 2.23. The van der Waals surface area contributed by atoms with Gasteiger partial charge in [0.15, 0.2) is 0 Å². The number of hydrogen-bond acceptors (Lipinski definition) is 2. The van der Waals surface area contributed by atoms with E-state index in [2.05, 4.69) is 21.2 Å². The van der Waals surface area contributed by atoms with Gasteiger partial charge in [-0.05, 0) is 43.1 Å². The van der Waals surface area contributed by atoms with E-state index in [-0.39, 0.29) is 5.92 Å². The first-order chi connectivity index (χ1) is 7.68. The van der Waals surface area contributed by atoms with Gasteiger partial charge in [0.2, 0.25) is 0 Å². The van der Waals surface area contributed by atoms with Crippen LogP contribution in [0.15, 0.2) is 28.7 Å². The summed E-state index contributed by atoms with van der Waals surface area (Å²) < 4.78 is 0.933. The maximum atomic E-state index is 11.4. The van der Waals surface area contributed by atoms with Crippen LogP contribution in [0, 0.1) is 5.92 Å². The van der Waals surface area contributed by atoms with Gasteiger partial charge in [-0.15, -0.1) is 0 Å².